The number of piperidine rings is 1. The topological polar surface area (TPSA) is 26.8 Å². The van der Waals surface area contributed by atoms with Crippen molar-refractivity contribution in [1.29, 1.82) is 0 Å². The predicted molar refractivity (Wildman–Crippen MR) is 114 cm³/mol. The van der Waals surface area contributed by atoms with Crippen LogP contribution < -0.4 is 0 Å². The third kappa shape index (κ3) is 4.20. The minimum atomic E-state index is 0.190. The second-order valence-electron chi connectivity index (χ2n) is 8.23. The molecule has 2 aromatic rings. The minimum Gasteiger partial charge on any atom is -0.336 e. The van der Waals surface area contributed by atoms with Crippen LogP contribution in [-0.4, -0.2) is 65.9 Å². The minimum absolute atomic E-state index is 0.190. The van der Waals surface area contributed by atoms with Crippen molar-refractivity contribution in [1.82, 2.24) is 14.7 Å². The van der Waals surface area contributed by atoms with Gasteiger partial charge in [-0.2, -0.15) is 0 Å². The average Bonchev–Trinajstić information content (AvgIpc) is 3.10. The lowest BCUT2D eigenvalue weighted by Gasteiger charge is -2.37. The third-order valence-electron chi connectivity index (χ3n) is 6.08. The molecule has 2 aliphatic heterocycles. The van der Waals surface area contributed by atoms with Gasteiger partial charge in [-0.05, 0) is 74.3 Å². The molecule has 4 rings (SSSR count). The third-order valence-corrected chi connectivity index (χ3v) is 7.09. The van der Waals surface area contributed by atoms with Crippen LogP contribution in [-0.2, 0) is 6.54 Å². The lowest BCUT2D eigenvalue weighted by molar-refractivity contribution is 0.0595. The first kappa shape index (κ1) is 18.9. The number of likely N-dealkylation sites (tertiary alicyclic amines) is 1. The van der Waals surface area contributed by atoms with Gasteiger partial charge in [0.05, 0.1) is 0 Å². The van der Waals surface area contributed by atoms with E-state index < -0.39 is 0 Å². The molecule has 27 heavy (non-hydrogen) atoms. The highest BCUT2D eigenvalue weighted by Gasteiger charge is 2.24. The van der Waals surface area contributed by atoms with E-state index in [0.29, 0.717) is 6.04 Å². The standard InChI is InChI=1S/C22H31N3OS/c1-17(2)24-10-12-25(13-11-24)22(26)18-6-7-21-20(14-18)19(16-27-21)15-23-8-4-3-5-9-23/h6-7,14,16-17H,3-5,8-13,15H2,1-2H3. The van der Waals surface area contributed by atoms with Crippen LogP contribution in [0.5, 0.6) is 0 Å². The summed E-state index contributed by atoms with van der Waals surface area (Å²) in [6.45, 7) is 11.5. The summed E-state index contributed by atoms with van der Waals surface area (Å²) < 4.78 is 1.29. The van der Waals surface area contributed by atoms with Gasteiger partial charge in [-0.25, -0.2) is 0 Å². The molecular weight excluding hydrogens is 354 g/mol. The number of piperazine rings is 1. The molecular formula is C22H31N3OS. The lowest BCUT2D eigenvalue weighted by Crippen LogP contribution is -2.50. The van der Waals surface area contributed by atoms with Gasteiger partial charge >= 0.3 is 0 Å². The molecule has 0 atom stereocenters. The van der Waals surface area contributed by atoms with Crippen LogP contribution in [0.15, 0.2) is 23.6 Å². The molecule has 2 fully saturated rings. The molecule has 4 nitrogen and oxygen atoms in total. The smallest absolute Gasteiger partial charge is 0.253 e. The zero-order valence-electron chi connectivity index (χ0n) is 16.6. The molecule has 1 amide bonds. The number of carbonyl (C=O) groups excluding carboxylic acids is 1. The van der Waals surface area contributed by atoms with Crippen molar-refractivity contribution in [2.45, 2.75) is 45.7 Å². The summed E-state index contributed by atoms with van der Waals surface area (Å²) in [5.41, 5.74) is 2.23. The van der Waals surface area contributed by atoms with Crippen molar-refractivity contribution >= 4 is 27.3 Å². The van der Waals surface area contributed by atoms with E-state index in [2.05, 4.69) is 41.2 Å². The molecule has 0 spiro atoms. The fourth-order valence-corrected chi connectivity index (χ4v) is 5.25. The fraction of sp³-hybridized carbons (Fsp3) is 0.591. The van der Waals surface area contributed by atoms with Crippen LogP contribution >= 0.6 is 11.3 Å². The maximum atomic E-state index is 13.0. The van der Waals surface area contributed by atoms with Gasteiger partial charge in [0.1, 0.15) is 0 Å². The Morgan fingerprint density at radius 1 is 1.04 bits per heavy atom. The van der Waals surface area contributed by atoms with Gasteiger partial charge in [0.25, 0.3) is 5.91 Å². The van der Waals surface area contributed by atoms with Crippen molar-refractivity contribution in [3.05, 3.63) is 34.7 Å². The molecule has 5 heteroatoms. The molecule has 3 heterocycles. The van der Waals surface area contributed by atoms with Gasteiger partial charge in [-0.1, -0.05) is 6.42 Å². The SMILES string of the molecule is CC(C)N1CCN(C(=O)c2ccc3scc(CN4CCCCC4)c3c2)CC1. The largest absolute Gasteiger partial charge is 0.336 e. The van der Waals surface area contributed by atoms with E-state index in [1.165, 1.54) is 48.0 Å². The van der Waals surface area contributed by atoms with E-state index in [9.17, 15) is 4.79 Å². The van der Waals surface area contributed by atoms with Gasteiger partial charge in [-0.15, -0.1) is 11.3 Å². The molecule has 1 aromatic heterocycles. The van der Waals surface area contributed by atoms with E-state index in [0.717, 1.165) is 38.3 Å². The number of amides is 1. The van der Waals surface area contributed by atoms with Gasteiger partial charge in [0, 0.05) is 49.0 Å². The normalized spacial score (nSPS) is 19.9. The number of hydrogen-bond acceptors (Lipinski definition) is 4. The second-order valence-corrected chi connectivity index (χ2v) is 9.14. The van der Waals surface area contributed by atoms with Gasteiger partial charge in [-0.3, -0.25) is 14.6 Å². The Bertz CT molecular complexity index is 786. The Labute approximate surface area is 166 Å². The van der Waals surface area contributed by atoms with Crippen molar-refractivity contribution in [2.75, 3.05) is 39.3 Å². The quantitative estimate of drug-likeness (QED) is 0.794. The van der Waals surface area contributed by atoms with Crippen molar-refractivity contribution in [2.24, 2.45) is 0 Å². The highest BCUT2D eigenvalue weighted by Crippen LogP contribution is 2.29. The Morgan fingerprint density at radius 3 is 2.48 bits per heavy atom. The van der Waals surface area contributed by atoms with Crippen LogP contribution in [0.25, 0.3) is 10.1 Å². The maximum absolute atomic E-state index is 13.0. The molecule has 2 saturated heterocycles. The molecule has 0 aliphatic carbocycles. The van der Waals surface area contributed by atoms with E-state index in [4.69, 9.17) is 0 Å². The molecule has 0 bridgehead atoms. The molecule has 0 N–H and O–H groups in total. The molecule has 146 valence electrons. The van der Waals surface area contributed by atoms with E-state index >= 15 is 0 Å². The first-order valence-electron chi connectivity index (χ1n) is 10.4. The number of rotatable bonds is 4. The van der Waals surface area contributed by atoms with Gasteiger partial charge < -0.3 is 4.90 Å². The Morgan fingerprint density at radius 2 is 1.78 bits per heavy atom. The zero-order valence-corrected chi connectivity index (χ0v) is 17.4. The number of benzene rings is 1. The number of nitrogens with zero attached hydrogens (tertiary/aromatic N) is 3. The summed E-state index contributed by atoms with van der Waals surface area (Å²) in [6, 6.07) is 6.85. The van der Waals surface area contributed by atoms with E-state index in [1.54, 1.807) is 11.3 Å². The number of carbonyl (C=O) groups is 1. The molecule has 0 unspecified atom stereocenters. The zero-order chi connectivity index (χ0) is 18.8. The first-order chi connectivity index (χ1) is 13.1. The number of thiophene rings is 1. The summed E-state index contributed by atoms with van der Waals surface area (Å²) in [5.74, 6) is 0.190. The van der Waals surface area contributed by atoms with Crippen LogP contribution in [0.1, 0.15) is 49.0 Å². The number of hydrogen-bond donors (Lipinski definition) is 0. The Kier molecular flexibility index (Phi) is 5.81. The molecule has 0 saturated carbocycles. The van der Waals surface area contributed by atoms with Crippen molar-refractivity contribution in [3.8, 4) is 0 Å². The Balaban J connectivity index is 1.49. The lowest BCUT2D eigenvalue weighted by atomic mass is 10.1. The van der Waals surface area contributed by atoms with Crippen molar-refractivity contribution < 1.29 is 4.79 Å². The highest BCUT2D eigenvalue weighted by atomic mass is 32.1. The average molecular weight is 386 g/mol. The van der Waals surface area contributed by atoms with Gasteiger partial charge in [0.15, 0.2) is 0 Å². The van der Waals surface area contributed by atoms with Crippen LogP contribution in [0.4, 0.5) is 0 Å². The molecule has 1 aromatic carbocycles. The second kappa shape index (κ2) is 8.29. The number of fused-ring (bicyclic) bond motifs is 1. The summed E-state index contributed by atoms with van der Waals surface area (Å²) in [6.07, 6.45) is 3.99. The van der Waals surface area contributed by atoms with Crippen molar-refractivity contribution in [3.63, 3.8) is 0 Å². The van der Waals surface area contributed by atoms with Crippen LogP contribution in [0.3, 0.4) is 0 Å². The molecule has 0 radical (unpaired) electrons. The summed E-state index contributed by atoms with van der Waals surface area (Å²) in [5, 5.41) is 3.56. The predicted octanol–water partition coefficient (Wildman–Crippen LogP) is 4.05. The summed E-state index contributed by atoms with van der Waals surface area (Å²) in [4.78, 5) is 20.1. The highest BCUT2D eigenvalue weighted by molar-refractivity contribution is 7.17. The molecule has 2 aliphatic rings. The fourth-order valence-electron chi connectivity index (χ4n) is 4.32. The summed E-state index contributed by atoms with van der Waals surface area (Å²) >= 11 is 1.80. The van der Waals surface area contributed by atoms with Crippen LogP contribution in [0.2, 0.25) is 0 Å². The van der Waals surface area contributed by atoms with E-state index in [-0.39, 0.29) is 5.91 Å². The maximum Gasteiger partial charge on any atom is 0.253 e. The van der Waals surface area contributed by atoms with E-state index in [1.807, 2.05) is 11.0 Å². The van der Waals surface area contributed by atoms with Crippen LogP contribution in [0, 0.1) is 0 Å². The van der Waals surface area contributed by atoms with Gasteiger partial charge in [0.2, 0.25) is 0 Å². The monoisotopic (exact) mass is 385 g/mol. The first-order valence-corrected chi connectivity index (χ1v) is 11.3. The summed E-state index contributed by atoms with van der Waals surface area (Å²) in [7, 11) is 0. The Hall–Kier alpha value is -1.43.